The molecule has 0 aliphatic carbocycles. The highest BCUT2D eigenvalue weighted by molar-refractivity contribution is 6.02. The van der Waals surface area contributed by atoms with Crippen molar-refractivity contribution in [2.24, 2.45) is 0 Å². The van der Waals surface area contributed by atoms with Crippen LogP contribution in [-0.2, 0) is 6.18 Å². The van der Waals surface area contributed by atoms with Crippen molar-refractivity contribution in [2.75, 3.05) is 12.4 Å². The number of hydrogen-bond donors (Lipinski definition) is 1. The normalized spacial score (nSPS) is 11.3. The molecule has 27 heavy (non-hydrogen) atoms. The number of benzene rings is 2. The van der Waals surface area contributed by atoms with E-state index in [1.165, 1.54) is 30.0 Å². The van der Waals surface area contributed by atoms with Crippen molar-refractivity contribution >= 4 is 11.6 Å². The number of rotatable bonds is 4. The van der Waals surface area contributed by atoms with E-state index in [4.69, 9.17) is 4.74 Å². The number of anilines is 1. The highest BCUT2D eigenvalue weighted by Gasteiger charge is 2.30. The number of amides is 1. The average molecular weight is 375 g/mol. The SMILES string of the molecule is COc1ccc(C)cc1-n1ccc(C(=O)Nc2ccc(C(F)(F)F)cc2)n1. The number of aromatic nitrogens is 2. The Bertz CT molecular complexity index is 963. The lowest BCUT2D eigenvalue weighted by Crippen LogP contribution is -2.13. The lowest BCUT2D eigenvalue weighted by molar-refractivity contribution is -0.137. The van der Waals surface area contributed by atoms with Gasteiger partial charge in [-0.3, -0.25) is 4.79 Å². The van der Waals surface area contributed by atoms with Crippen molar-refractivity contribution in [3.63, 3.8) is 0 Å². The average Bonchev–Trinajstić information content (AvgIpc) is 3.11. The molecule has 0 fully saturated rings. The molecule has 0 spiro atoms. The van der Waals surface area contributed by atoms with Crippen LogP contribution in [0.3, 0.4) is 0 Å². The van der Waals surface area contributed by atoms with Crippen molar-refractivity contribution < 1.29 is 22.7 Å². The molecule has 0 unspecified atom stereocenters. The molecule has 0 atom stereocenters. The van der Waals surface area contributed by atoms with E-state index in [0.29, 0.717) is 11.4 Å². The molecule has 1 heterocycles. The zero-order chi connectivity index (χ0) is 19.6. The van der Waals surface area contributed by atoms with E-state index in [9.17, 15) is 18.0 Å². The fraction of sp³-hybridized carbons (Fsp3) is 0.158. The summed E-state index contributed by atoms with van der Waals surface area (Å²) in [6.07, 6.45) is -2.81. The van der Waals surface area contributed by atoms with E-state index in [1.54, 1.807) is 12.3 Å². The topological polar surface area (TPSA) is 56.1 Å². The molecule has 0 saturated carbocycles. The fourth-order valence-electron chi connectivity index (χ4n) is 2.50. The molecule has 0 aliphatic heterocycles. The zero-order valence-electron chi connectivity index (χ0n) is 14.5. The third kappa shape index (κ3) is 4.11. The number of nitrogens with zero attached hydrogens (tertiary/aromatic N) is 2. The summed E-state index contributed by atoms with van der Waals surface area (Å²) in [5, 5.41) is 6.76. The highest BCUT2D eigenvalue weighted by atomic mass is 19.4. The van der Waals surface area contributed by atoms with Gasteiger partial charge in [0.1, 0.15) is 11.4 Å². The van der Waals surface area contributed by atoms with Crippen molar-refractivity contribution in [1.82, 2.24) is 9.78 Å². The van der Waals surface area contributed by atoms with Gasteiger partial charge in [0.25, 0.3) is 5.91 Å². The minimum atomic E-state index is -4.42. The van der Waals surface area contributed by atoms with Crippen LogP contribution in [0.15, 0.2) is 54.7 Å². The maximum absolute atomic E-state index is 12.6. The second-order valence-corrected chi connectivity index (χ2v) is 5.85. The van der Waals surface area contributed by atoms with E-state index in [2.05, 4.69) is 10.4 Å². The van der Waals surface area contributed by atoms with Crippen LogP contribution in [0.1, 0.15) is 21.6 Å². The van der Waals surface area contributed by atoms with Crippen molar-refractivity contribution in [3.8, 4) is 11.4 Å². The fourth-order valence-corrected chi connectivity index (χ4v) is 2.50. The molecule has 0 saturated heterocycles. The number of methoxy groups -OCH3 is 1. The van der Waals surface area contributed by atoms with Crippen molar-refractivity contribution in [2.45, 2.75) is 13.1 Å². The molecule has 1 amide bonds. The number of nitrogens with one attached hydrogen (secondary N) is 1. The maximum Gasteiger partial charge on any atom is 0.416 e. The van der Waals surface area contributed by atoms with Gasteiger partial charge in [-0.2, -0.15) is 18.3 Å². The Hall–Kier alpha value is -3.29. The lowest BCUT2D eigenvalue weighted by Gasteiger charge is -2.09. The van der Waals surface area contributed by atoms with Gasteiger partial charge in [0.05, 0.1) is 12.7 Å². The molecule has 1 aromatic heterocycles. The Labute approximate surface area is 153 Å². The highest BCUT2D eigenvalue weighted by Crippen LogP contribution is 2.30. The molecule has 3 rings (SSSR count). The third-order valence-corrected chi connectivity index (χ3v) is 3.87. The quantitative estimate of drug-likeness (QED) is 0.733. The van der Waals surface area contributed by atoms with Crippen LogP contribution in [0.4, 0.5) is 18.9 Å². The monoisotopic (exact) mass is 375 g/mol. The molecule has 2 aromatic carbocycles. The number of aryl methyl sites for hydroxylation is 1. The van der Waals surface area contributed by atoms with Gasteiger partial charge in [0, 0.05) is 11.9 Å². The van der Waals surface area contributed by atoms with Crippen LogP contribution >= 0.6 is 0 Å². The van der Waals surface area contributed by atoms with Gasteiger partial charge in [-0.1, -0.05) is 6.07 Å². The van der Waals surface area contributed by atoms with Gasteiger partial charge in [-0.15, -0.1) is 0 Å². The summed E-state index contributed by atoms with van der Waals surface area (Å²) in [7, 11) is 1.54. The van der Waals surface area contributed by atoms with Gasteiger partial charge >= 0.3 is 6.18 Å². The van der Waals surface area contributed by atoms with E-state index >= 15 is 0 Å². The van der Waals surface area contributed by atoms with Crippen LogP contribution in [0.25, 0.3) is 5.69 Å². The van der Waals surface area contributed by atoms with Crippen LogP contribution in [0.5, 0.6) is 5.75 Å². The predicted molar refractivity (Wildman–Crippen MR) is 94.3 cm³/mol. The van der Waals surface area contributed by atoms with E-state index < -0.39 is 17.6 Å². The minimum Gasteiger partial charge on any atom is -0.494 e. The molecular weight excluding hydrogens is 359 g/mol. The molecule has 0 radical (unpaired) electrons. The zero-order valence-corrected chi connectivity index (χ0v) is 14.5. The Morgan fingerprint density at radius 2 is 1.81 bits per heavy atom. The standard InChI is InChI=1S/C19H16F3N3O2/c1-12-3-8-17(27-2)16(11-12)25-10-9-15(24-25)18(26)23-14-6-4-13(5-7-14)19(20,21)22/h3-11H,1-2H3,(H,23,26). The molecule has 140 valence electrons. The number of alkyl halides is 3. The van der Waals surface area contributed by atoms with Crippen molar-refractivity contribution in [3.05, 3.63) is 71.5 Å². The molecule has 0 bridgehead atoms. The number of ether oxygens (including phenoxy) is 1. The number of carbonyl (C=O) groups is 1. The first-order valence-corrected chi connectivity index (χ1v) is 7.97. The van der Waals surface area contributed by atoms with Crippen molar-refractivity contribution in [1.29, 1.82) is 0 Å². The first kappa shape index (κ1) is 18.5. The Morgan fingerprint density at radius 1 is 1.11 bits per heavy atom. The lowest BCUT2D eigenvalue weighted by atomic mass is 10.2. The Balaban J connectivity index is 1.79. The Morgan fingerprint density at radius 3 is 2.44 bits per heavy atom. The van der Waals surface area contributed by atoms with E-state index in [1.807, 2.05) is 19.1 Å². The number of halogens is 3. The van der Waals surface area contributed by atoms with Crippen LogP contribution in [0.2, 0.25) is 0 Å². The van der Waals surface area contributed by atoms with Gasteiger partial charge in [0.2, 0.25) is 0 Å². The number of carbonyl (C=O) groups excluding carboxylic acids is 1. The minimum absolute atomic E-state index is 0.124. The summed E-state index contributed by atoms with van der Waals surface area (Å²) in [5.41, 5.74) is 1.26. The molecular formula is C19H16F3N3O2. The summed E-state index contributed by atoms with van der Waals surface area (Å²) in [6.45, 7) is 1.92. The first-order valence-electron chi connectivity index (χ1n) is 7.97. The molecule has 3 aromatic rings. The summed E-state index contributed by atoms with van der Waals surface area (Å²) in [5.74, 6) is 0.0681. The molecule has 5 nitrogen and oxygen atoms in total. The smallest absolute Gasteiger partial charge is 0.416 e. The summed E-state index contributed by atoms with van der Waals surface area (Å²) in [6, 6.07) is 11.3. The van der Waals surface area contributed by atoms with E-state index in [0.717, 1.165) is 17.7 Å². The van der Waals surface area contributed by atoms with Gasteiger partial charge in [-0.05, 0) is 55.0 Å². The maximum atomic E-state index is 12.6. The molecule has 0 aliphatic rings. The predicted octanol–water partition coefficient (Wildman–Crippen LogP) is 4.46. The summed E-state index contributed by atoms with van der Waals surface area (Å²) < 4.78 is 44.6. The molecule has 1 N–H and O–H groups in total. The van der Waals surface area contributed by atoms with Crippen LogP contribution in [0, 0.1) is 6.92 Å². The first-order chi connectivity index (χ1) is 12.8. The summed E-state index contributed by atoms with van der Waals surface area (Å²) in [4.78, 5) is 12.3. The van der Waals surface area contributed by atoms with Gasteiger partial charge in [-0.25, -0.2) is 4.68 Å². The summed E-state index contributed by atoms with van der Waals surface area (Å²) >= 11 is 0. The molecule has 8 heteroatoms. The second-order valence-electron chi connectivity index (χ2n) is 5.85. The van der Waals surface area contributed by atoms with Gasteiger partial charge in [0.15, 0.2) is 5.69 Å². The Kier molecular flexibility index (Phi) is 4.89. The second kappa shape index (κ2) is 7.14. The largest absolute Gasteiger partial charge is 0.494 e. The third-order valence-electron chi connectivity index (χ3n) is 3.87. The van der Waals surface area contributed by atoms with Crippen LogP contribution in [-0.4, -0.2) is 22.8 Å². The van der Waals surface area contributed by atoms with E-state index in [-0.39, 0.29) is 11.4 Å². The number of hydrogen-bond acceptors (Lipinski definition) is 3. The van der Waals surface area contributed by atoms with Gasteiger partial charge < -0.3 is 10.1 Å². The van der Waals surface area contributed by atoms with Crippen LogP contribution < -0.4 is 10.1 Å².